The van der Waals surface area contributed by atoms with Crippen molar-refractivity contribution in [3.8, 4) is 11.8 Å². The molecule has 0 saturated carbocycles. The standard InChI is InChI=1S/C14H25NO3/c1-11(2)10-12(8-7-9-17-6)15-13(16)18-14(3,4)5/h11-12H,9-10H2,1-6H3,(H,15,16). The summed E-state index contributed by atoms with van der Waals surface area (Å²) in [6.45, 7) is 10.0. The SMILES string of the molecule is COCC#CC(CC(C)C)NC(=O)OC(C)(C)C. The predicted octanol–water partition coefficient (Wildman–Crippen LogP) is 2.58. The molecular weight excluding hydrogens is 230 g/mol. The fourth-order valence-electron chi connectivity index (χ4n) is 1.31. The van der Waals surface area contributed by atoms with Crippen molar-refractivity contribution < 1.29 is 14.3 Å². The van der Waals surface area contributed by atoms with Crippen LogP contribution in [0.2, 0.25) is 0 Å². The normalized spacial score (nSPS) is 12.6. The molecule has 0 spiro atoms. The summed E-state index contributed by atoms with van der Waals surface area (Å²) < 4.78 is 10.1. The van der Waals surface area contributed by atoms with Crippen molar-refractivity contribution in [1.82, 2.24) is 5.32 Å². The Balaban J connectivity index is 4.41. The number of ether oxygens (including phenoxy) is 2. The fourth-order valence-corrected chi connectivity index (χ4v) is 1.31. The van der Waals surface area contributed by atoms with Gasteiger partial charge in [0.15, 0.2) is 0 Å². The topological polar surface area (TPSA) is 47.6 Å². The zero-order valence-corrected chi connectivity index (χ0v) is 12.3. The van der Waals surface area contributed by atoms with Crippen molar-refractivity contribution in [2.75, 3.05) is 13.7 Å². The molecule has 0 fully saturated rings. The molecule has 1 amide bonds. The monoisotopic (exact) mass is 255 g/mol. The first kappa shape index (κ1) is 16.8. The van der Waals surface area contributed by atoms with E-state index in [4.69, 9.17) is 9.47 Å². The van der Waals surface area contributed by atoms with Gasteiger partial charge in [-0.05, 0) is 33.1 Å². The summed E-state index contributed by atoms with van der Waals surface area (Å²) in [6.07, 6.45) is 0.357. The molecule has 0 bridgehead atoms. The summed E-state index contributed by atoms with van der Waals surface area (Å²) >= 11 is 0. The number of hydrogen-bond acceptors (Lipinski definition) is 3. The minimum atomic E-state index is -0.494. The Morgan fingerprint density at radius 3 is 2.39 bits per heavy atom. The molecule has 0 saturated heterocycles. The molecule has 0 aromatic carbocycles. The molecule has 4 nitrogen and oxygen atoms in total. The number of carbonyl (C=O) groups is 1. The highest BCUT2D eigenvalue weighted by Gasteiger charge is 2.18. The predicted molar refractivity (Wildman–Crippen MR) is 72.3 cm³/mol. The highest BCUT2D eigenvalue weighted by atomic mass is 16.6. The van der Waals surface area contributed by atoms with Crippen LogP contribution in [0, 0.1) is 17.8 Å². The van der Waals surface area contributed by atoms with Gasteiger partial charge >= 0.3 is 6.09 Å². The number of hydrogen-bond donors (Lipinski definition) is 1. The van der Waals surface area contributed by atoms with E-state index in [1.165, 1.54) is 0 Å². The van der Waals surface area contributed by atoms with Gasteiger partial charge in [0.2, 0.25) is 0 Å². The number of amides is 1. The second-order valence-corrected chi connectivity index (χ2v) is 5.58. The smallest absolute Gasteiger partial charge is 0.408 e. The molecule has 1 unspecified atom stereocenters. The maximum Gasteiger partial charge on any atom is 0.408 e. The molecule has 0 heterocycles. The van der Waals surface area contributed by atoms with Gasteiger partial charge in [-0.2, -0.15) is 0 Å². The van der Waals surface area contributed by atoms with Crippen molar-refractivity contribution in [3.05, 3.63) is 0 Å². The number of alkyl carbamates (subject to hydrolysis) is 1. The molecular formula is C14H25NO3. The summed E-state index contributed by atoms with van der Waals surface area (Å²) in [5.74, 6) is 6.29. The number of nitrogens with one attached hydrogen (secondary N) is 1. The molecule has 4 heteroatoms. The fraction of sp³-hybridized carbons (Fsp3) is 0.786. The van der Waals surface area contributed by atoms with Crippen LogP contribution in [0.25, 0.3) is 0 Å². The Labute approximate surface area is 110 Å². The highest BCUT2D eigenvalue weighted by Crippen LogP contribution is 2.08. The Hall–Kier alpha value is -1.21. The first-order valence-electron chi connectivity index (χ1n) is 6.21. The molecule has 0 rings (SSSR count). The maximum absolute atomic E-state index is 11.7. The zero-order valence-electron chi connectivity index (χ0n) is 12.3. The van der Waals surface area contributed by atoms with Crippen LogP contribution in [0.1, 0.15) is 41.0 Å². The van der Waals surface area contributed by atoms with Gasteiger partial charge in [-0.25, -0.2) is 4.79 Å². The summed E-state index contributed by atoms with van der Waals surface area (Å²) in [5, 5.41) is 2.77. The van der Waals surface area contributed by atoms with Crippen LogP contribution in [0.4, 0.5) is 4.79 Å². The van der Waals surface area contributed by atoms with E-state index in [9.17, 15) is 4.79 Å². The average molecular weight is 255 g/mol. The second kappa shape index (κ2) is 7.99. The lowest BCUT2D eigenvalue weighted by Crippen LogP contribution is -2.39. The van der Waals surface area contributed by atoms with E-state index >= 15 is 0 Å². The highest BCUT2D eigenvalue weighted by molar-refractivity contribution is 5.68. The van der Waals surface area contributed by atoms with E-state index in [1.54, 1.807) is 7.11 Å². The molecule has 0 aliphatic carbocycles. The summed E-state index contributed by atoms with van der Waals surface area (Å²) in [6, 6.07) is -0.199. The van der Waals surface area contributed by atoms with Crippen LogP contribution >= 0.6 is 0 Å². The van der Waals surface area contributed by atoms with Gasteiger partial charge in [0.25, 0.3) is 0 Å². The second-order valence-electron chi connectivity index (χ2n) is 5.58. The first-order valence-corrected chi connectivity index (χ1v) is 6.21. The van der Waals surface area contributed by atoms with E-state index in [-0.39, 0.29) is 6.04 Å². The van der Waals surface area contributed by atoms with E-state index in [0.29, 0.717) is 12.5 Å². The van der Waals surface area contributed by atoms with E-state index in [2.05, 4.69) is 31.0 Å². The molecule has 0 aliphatic rings. The summed E-state index contributed by atoms with van der Waals surface area (Å²) in [7, 11) is 1.59. The third-order valence-corrected chi connectivity index (χ3v) is 1.89. The van der Waals surface area contributed by atoms with Gasteiger partial charge in [-0.3, -0.25) is 0 Å². The average Bonchev–Trinajstić information content (AvgIpc) is 2.13. The quantitative estimate of drug-likeness (QED) is 0.785. The van der Waals surface area contributed by atoms with Gasteiger partial charge in [-0.1, -0.05) is 25.7 Å². The van der Waals surface area contributed by atoms with Gasteiger partial charge in [0.05, 0.1) is 6.04 Å². The van der Waals surface area contributed by atoms with Crippen LogP contribution < -0.4 is 5.32 Å². The van der Waals surface area contributed by atoms with Gasteiger partial charge in [-0.15, -0.1) is 0 Å². The van der Waals surface area contributed by atoms with Gasteiger partial charge < -0.3 is 14.8 Å². The summed E-state index contributed by atoms with van der Waals surface area (Å²) in [5.41, 5.74) is -0.494. The molecule has 18 heavy (non-hydrogen) atoms. The number of carbonyl (C=O) groups excluding carboxylic acids is 1. The molecule has 0 aromatic rings. The molecule has 1 atom stereocenters. The lowest BCUT2D eigenvalue weighted by atomic mass is 10.0. The van der Waals surface area contributed by atoms with Crippen LogP contribution in [0.3, 0.4) is 0 Å². The molecule has 0 aliphatic heterocycles. The lowest BCUT2D eigenvalue weighted by Gasteiger charge is -2.22. The van der Waals surface area contributed by atoms with Crippen molar-refractivity contribution in [2.24, 2.45) is 5.92 Å². The minimum absolute atomic E-state index is 0.199. The Bertz CT molecular complexity index is 307. The van der Waals surface area contributed by atoms with E-state index in [0.717, 1.165) is 6.42 Å². The van der Waals surface area contributed by atoms with Crippen LogP contribution in [0.15, 0.2) is 0 Å². The van der Waals surface area contributed by atoms with Crippen LogP contribution in [-0.2, 0) is 9.47 Å². The first-order chi connectivity index (χ1) is 8.24. The Morgan fingerprint density at radius 1 is 1.33 bits per heavy atom. The van der Waals surface area contributed by atoms with Crippen molar-refractivity contribution in [3.63, 3.8) is 0 Å². The van der Waals surface area contributed by atoms with Gasteiger partial charge in [0.1, 0.15) is 12.2 Å². The molecule has 0 radical (unpaired) electrons. The number of rotatable bonds is 4. The lowest BCUT2D eigenvalue weighted by molar-refractivity contribution is 0.0512. The number of methoxy groups -OCH3 is 1. The minimum Gasteiger partial charge on any atom is -0.444 e. The zero-order chi connectivity index (χ0) is 14.2. The summed E-state index contributed by atoms with van der Waals surface area (Å²) in [4.78, 5) is 11.7. The van der Waals surface area contributed by atoms with E-state index < -0.39 is 11.7 Å². The van der Waals surface area contributed by atoms with Crippen molar-refractivity contribution in [2.45, 2.75) is 52.7 Å². The Kier molecular flexibility index (Phi) is 7.45. The largest absolute Gasteiger partial charge is 0.444 e. The van der Waals surface area contributed by atoms with Crippen molar-refractivity contribution in [1.29, 1.82) is 0 Å². The molecule has 1 N–H and O–H groups in total. The van der Waals surface area contributed by atoms with Crippen LogP contribution in [0.5, 0.6) is 0 Å². The Morgan fingerprint density at radius 2 is 1.94 bits per heavy atom. The maximum atomic E-state index is 11.7. The van der Waals surface area contributed by atoms with Crippen LogP contribution in [-0.4, -0.2) is 31.5 Å². The van der Waals surface area contributed by atoms with E-state index in [1.807, 2.05) is 20.8 Å². The third kappa shape index (κ3) is 9.98. The molecule has 104 valence electrons. The molecule has 0 aromatic heterocycles. The van der Waals surface area contributed by atoms with Crippen molar-refractivity contribution >= 4 is 6.09 Å². The third-order valence-electron chi connectivity index (χ3n) is 1.89. The van der Waals surface area contributed by atoms with Gasteiger partial charge in [0, 0.05) is 7.11 Å².